The lowest BCUT2D eigenvalue weighted by Crippen LogP contribution is -2.33. The first-order valence-corrected chi connectivity index (χ1v) is 9.59. The third-order valence-electron chi connectivity index (χ3n) is 3.86. The number of amidine groups is 1. The van der Waals surface area contributed by atoms with Gasteiger partial charge in [-0.05, 0) is 31.0 Å². The Balaban J connectivity index is 1.51. The SMILES string of the molecule is O=C1CCCN2N=C(SCC(=O)N3CCCCCC3)SC2=N1. The van der Waals surface area contributed by atoms with Crippen LogP contribution in [-0.4, -0.2) is 56.7 Å². The molecule has 0 bridgehead atoms. The number of aliphatic imine (C=N–C) groups is 1. The first-order chi connectivity index (χ1) is 10.7. The van der Waals surface area contributed by atoms with Crippen LogP contribution in [0.1, 0.15) is 38.5 Å². The number of rotatable bonds is 2. The van der Waals surface area contributed by atoms with Gasteiger partial charge in [0.25, 0.3) is 0 Å². The van der Waals surface area contributed by atoms with Crippen LogP contribution in [0.15, 0.2) is 10.1 Å². The van der Waals surface area contributed by atoms with E-state index in [4.69, 9.17) is 0 Å². The summed E-state index contributed by atoms with van der Waals surface area (Å²) >= 11 is 2.86. The Morgan fingerprint density at radius 2 is 1.91 bits per heavy atom. The van der Waals surface area contributed by atoms with E-state index in [0.717, 1.165) is 43.3 Å². The lowest BCUT2D eigenvalue weighted by Gasteiger charge is -2.19. The highest BCUT2D eigenvalue weighted by molar-refractivity contribution is 8.45. The number of fused-ring (bicyclic) bond motifs is 1. The molecular weight excluding hydrogens is 320 g/mol. The average molecular weight is 340 g/mol. The molecule has 3 aliphatic rings. The van der Waals surface area contributed by atoms with E-state index in [1.807, 2.05) is 4.90 Å². The van der Waals surface area contributed by atoms with E-state index < -0.39 is 0 Å². The highest BCUT2D eigenvalue weighted by Crippen LogP contribution is 2.30. The lowest BCUT2D eigenvalue weighted by atomic mass is 10.2. The maximum Gasteiger partial charge on any atom is 0.248 e. The molecule has 3 aliphatic heterocycles. The summed E-state index contributed by atoms with van der Waals surface area (Å²) in [5, 5.41) is 6.91. The van der Waals surface area contributed by atoms with E-state index in [1.54, 1.807) is 5.01 Å². The summed E-state index contributed by atoms with van der Waals surface area (Å²) in [4.78, 5) is 29.8. The summed E-state index contributed by atoms with van der Waals surface area (Å²) in [7, 11) is 0. The number of thioether (sulfide) groups is 2. The van der Waals surface area contributed by atoms with Gasteiger partial charge in [-0.2, -0.15) is 10.1 Å². The van der Waals surface area contributed by atoms with Gasteiger partial charge in [-0.1, -0.05) is 24.6 Å². The molecule has 2 amide bonds. The van der Waals surface area contributed by atoms with Gasteiger partial charge in [0, 0.05) is 26.1 Å². The minimum Gasteiger partial charge on any atom is -0.342 e. The molecule has 1 saturated heterocycles. The van der Waals surface area contributed by atoms with Gasteiger partial charge in [0.2, 0.25) is 11.8 Å². The number of hydrazone groups is 1. The molecule has 6 nitrogen and oxygen atoms in total. The molecule has 0 unspecified atom stereocenters. The summed E-state index contributed by atoms with van der Waals surface area (Å²) in [6.07, 6.45) is 5.94. The molecule has 0 saturated carbocycles. The Morgan fingerprint density at radius 3 is 2.68 bits per heavy atom. The second-order valence-electron chi connectivity index (χ2n) is 5.57. The van der Waals surface area contributed by atoms with Gasteiger partial charge in [0.1, 0.15) is 0 Å². The largest absolute Gasteiger partial charge is 0.342 e. The quantitative estimate of drug-likeness (QED) is 0.770. The molecule has 0 aromatic heterocycles. The molecule has 120 valence electrons. The van der Waals surface area contributed by atoms with Gasteiger partial charge in [0.15, 0.2) is 9.54 Å². The van der Waals surface area contributed by atoms with E-state index in [-0.39, 0.29) is 11.8 Å². The third-order valence-corrected chi connectivity index (χ3v) is 5.92. The molecule has 0 radical (unpaired) electrons. The topological polar surface area (TPSA) is 65.3 Å². The maximum atomic E-state index is 12.3. The number of carbonyl (C=O) groups is 2. The molecule has 0 aromatic rings. The van der Waals surface area contributed by atoms with Crippen molar-refractivity contribution in [1.82, 2.24) is 9.91 Å². The Labute approximate surface area is 138 Å². The zero-order chi connectivity index (χ0) is 15.4. The van der Waals surface area contributed by atoms with Crippen LogP contribution in [0.2, 0.25) is 0 Å². The fourth-order valence-corrected chi connectivity index (χ4v) is 4.56. The zero-order valence-corrected chi connectivity index (χ0v) is 14.1. The summed E-state index contributed by atoms with van der Waals surface area (Å²) in [6, 6.07) is 0. The summed E-state index contributed by atoms with van der Waals surface area (Å²) < 4.78 is 0.816. The van der Waals surface area contributed by atoms with Gasteiger partial charge in [0.05, 0.1) is 5.75 Å². The Hall–Kier alpha value is -1.02. The predicted octanol–water partition coefficient (Wildman–Crippen LogP) is 2.12. The molecule has 8 heteroatoms. The van der Waals surface area contributed by atoms with E-state index in [1.165, 1.54) is 36.4 Å². The van der Waals surface area contributed by atoms with Gasteiger partial charge in [-0.15, -0.1) is 0 Å². The minimum atomic E-state index is -0.0768. The average Bonchev–Trinajstić information content (AvgIpc) is 2.71. The predicted molar refractivity (Wildman–Crippen MR) is 90.9 cm³/mol. The van der Waals surface area contributed by atoms with E-state index in [9.17, 15) is 9.59 Å². The first-order valence-electron chi connectivity index (χ1n) is 7.78. The molecule has 0 N–H and O–H groups in total. The molecular formula is C14H20N4O2S2. The number of amides is 2. The monoisotopic (exact) mass is 340 g/mol. The van der Waals surface area contributed by atoms with Crippen LogP contribution in [0, 0.1) is 0 Å². The summed E-state index contributed by atoms with van der Waals surface area (Å²) in [6.45, 7) is 2.49. The fraction of sp³-hybridized carbons (Fsp3) is 0.714. The van der Waals surface area contributed by atoms with Crippen molar-refractivity contribution < 1.29 is 9.59 Å². The van der Waals surface area contributed by atoms with Crippen LogP contribution >= 0.6 is 23.5 Å². The summed E-state index contributed by atoms with van der Waals surface area (Å²) in [5.41, 5.74) is 0. The molecule has 0 aromatic carbocycles. The van der Waals surface area contributed by atoms with Gasteiger partial charge >= 0.3 is 0 Å². The van der Waals surface area contributed by atoms with Crippen LogP contribution in [0.3, 0.4) is 0 Å². The van der Waals surface area contributed by atoms with Crippen molar-refractivity contribution in [1.29, 1.82) is 0 Å². The van der Waals surface area contributed by atoms with Crippen LogP contribution in [0.5, 0.6) is 0 Å². The van der Waals surface area contributed by atoms with Crippen LogP contribution in [0.25, 0.3) is 0 Å². The van der Waals surface area contributed by atoms with Gasteiger partial charge in [-0.25, -0.2) is 5.01 Å². The summed E-state index contributed by atoms with van der Waals surface area (Å²) in [5.74, 6) is 0.531. The third kappa shape index (κ3) is 4.04. The Morgan fingerprint density at radius 1 is 1.14 bits per heavy atom. The van der Waals surface area contributed by atoms with E-state index >= 15 is 0 Å². The number of hydrogen-bond donors (Lipinski definition) is 0. The van der Waals surface area contributed by atoms with Crippen molar-refractivity contribution in [3.63, 3.8) is 0 Å². The second kappa shape index (κ2) is 7.50. The van der Waals surface area contributed by atoms with Crippen LogP contribution in [0.4, 0.5) is 0 Å². The zero-order valence-electron chi connectivity index (χ0n) is 12.5. The molecule has 3 heterocycles. The van der Waals surface area contributed by atoms with E-state index in [0.29, 0.717) is 17.3 Å². The molecule has 1 fully saturated rings. The van der Waals surface area contributed by atoms with Crippen LogP contribution in [-0.2, 0) is 9.59 Å². The number of likely N-dealkylation sites (tertiary alicyclic amines) is 1. The molecule has 3 rings (SSSR count). The Bertz CT molecular complexity index is 513. The van der Waals surface area contributed by atoms with Crippen molar-refractivity contribution >= 4 is 44.9 Å². The highest BCUT2D eigenvalue weighted by atomic mass is 32.2. The molecule has 22 heavy (non-hydrogen) atoms. The minimum absolute atomic E-state index is 0.0768. The lowest BCUT2D eigenvalue weighted by molar-refractivity contribution is -0.128. The molecule has 0 aliphatic carbocycles. The maximum absolute atomic E-state index is 12.3. The second-order valence-corrected chi connectivity index (χ2v) is 7.74. The van der Waals surface area contributed by atoms with Crippen molar-refractivity contribution in [2.24, 2.45) is 10.1 Å². The number of carbonyl (C=O) groups excluding carboxylic acids is 2. The fourth-order valence-electron chi connectivity index (χ4n) is 2.65. The van der Waals surface area contributed by atoms with E-state index in [2.05, 4.69) is 10.1 Å². The van der Waals surface area contributed by atoms with Crippen LogP contribution < -0.4 is 0 Å². The Kier molecular flexibility index (Phi) is 5.41. The smallest absolute Gasteiger partial charge is 0.248 e. The van der Waals surface area contributed by atoms with Gasteiger partial charge < -0.3 is 4.90 Å². The number of nitrogens with zero attached hydrogens (tertiary/aromatic N) is 4. The van der Waals surface area contributed by atoms with Gasteiger partial charge in [-0.3, -0.25) is 9.59 Å². The molecule has 0 atom stereocenters. The van der Waals surface area contributed by atoms with Crippen molar-refractivity contribution in [2.75, 3.05) is 25.4 Å². The number of hydrogen-bond acceptors (Lipinski definition) is 6. The molecule has 0 spiro atoms. The van der Waals surface area contributed by atoms with Crippen molar-refractivity contribution in [2.45, 2.75) is 38.5 Å². The normalized spacial score (nSPS) is 22.6. The van der Waals surface area contributed by atoms with Crippen molar-refractivity contribution in [3.8, 4) is 0 Å². The first kappa shape index (κ1) is 15.9. The highest BCUT2D eigenvalue weighted by Gasteiger charge is 2.27. The standard InChI is InChI=1S/C14H20N4O2S2/c19-11-6-5-9-18-13(15-11)22-14(16-18)21-10-12(20)17-7-3-1-2-4-8-17/h1-10H2. The van der Waals surface area contributed by atoms with Crippen molar-refractivity contribution in [3.05, 3.63) is 0 Å².